The third-order valence-electron chi connectivity index (χ3n) is 4.63. The molecule has 6 nitrogen and oxygen atoms in total. The number of thiophene rings is 1. The molecule has 30 heavy (non-hydrogen) atoms. The molecular weight excluding hydrogens is 402 g/mol. The number of carboxylic acid groups (broad SMARTS) is 1. The van der Waals surface area contributed by atoms with E-state index in [1.807, 2.05) is 48.0 Å². The molecule has 1 amide bonds. The summed E-state index contributed by atoms with van der Waals surface area (Å²) in [7, 11) is 0. The molecule has 156 valence electrons. The number of benzene rings is 2. The van der Waals surface area contributed by atoms with Crippen LogP contribution >= 0.6 is 11.3 Å². The highest BCUT2D eigenvalue weighted by Gasteiger charge is 2.20. The first-order valence-electron chi connectivity index (χ1n) is 9.45. The number of rotatable bonds is 10. The lowest BCUT2D eigenvalue weighted by Gasteiger charge is -2.22. The number of nitrogens with two attached hydrogens (primary N) is 1. The van der Waals surface area contributed by atoms with Crippen LogP contribution in [0.1, 0.15) is 46.0 Å². The molecule has 0 fully saturated rings. The van der Waals surface area contributed by atoms with Gasteiger partial charge in [-0.15, -0.1) is 0 Å². The van der Waals surface area contributed by atoms with Gasteiger partial charge in [0.05, 0.1) is 5.56 Å². The van der Waals surface area contributed by atoms with E-state index >= 15 is 0 Å². The van der Waals surface area contributed by atoms with Crippen molar-refractivity contribution in [3.63, 3.8) is 0 Å². The van der Waals surface area contributed by atoms with E-state index in [0.717, 1.165) is 16.7 Å². The van der Waals surface area contributed by atoms with Gasteiger partial charge in [0.15, 0.2) is 0 Å². The van der Waals surface area contributed by atoms with Crippen LogP contribution in [0.15, 0.2) is 59.3 Å². The van der Waals surface area contributed by atoms with E-state index in [0.29, 0.717) is 12.4 Å². The molecule has 0 spiro atoms. The molecule has 0 saturated carbocycles. The number of hydrogen-bond acceptors (Lipinski definition) is 5. The average Bonchev–Trinajstić information content (AvgIpc) is 3.23. The predicted molar refractivity (Wildman–Crippen MR) is 115 cm³/mol. The molecule has 0 aliphatic carbocycles. The number of primary amides is 1. The van der Waals surface area contributed by atoms with Gasteiger partial charge in [-0.2, -0.15) is 11.3 Å². The second kappa shape index (κ2) is 9.93. The van der Waals surface area contributed by atoms with E-state index in [4.69, 9.17) is 20.3 Å². The Balaban J connectivity index is 1.88. The van der Waals surface area contributed by atoms with Gasteiger partial charge in [-0.25, -0.2) is 0 Å². The molecule has 2 aromatic carbocycles. The second-order valence-electron chi connectivity index (χ2n) is 6.84. The number of carbonyl (C=O) groups excluding carboxylic acids is 1. The molecule has 0 aliphatic rings. The maximum Gasteiger partial charge on any atom is 0.303 e. The minimum absolute atomic E-state index is 0.0702. The summed E-state index contributed by atoms with van der Waals surface area (Å²) in [6.45, 7) is 2.32. The van der Waals surface area contributed by atoms with Gasteiger partial charge < -0.3 is 20.3 Å². The van der Waals surface area contributed by atoms with Gasteiger partial charge in [-0.1, -0.05) is 24.3 Å². The van der Waals surface area contributed by atoms with Crippen LogP contribution in [-0.2, 0) is 11.4 Å². The van der Waals surface area contributed by atoms with Gasteiger partial charge in [-0.3, -0.25) is 9.59 Å². The molecule has 0 radical (unpaired) electrons. The zero-order valence-electron chi connectivity index (χ0n) is 16.5. The Labute approximate surface area is 178 Å². The zero-order valence-corrected chi connectivity index (χ0v) is 17.4. The molecule has 0 unspecified atom stereocenters. The molecule has 1 aromatic heterocycles. The first-order chi connectivity index (χ1) is 14.4. The van der Waals surface area contributed by atoms with Crippen molar-refractivity contribution in [2.45, 2.75) is 32.5 Å². The summed E-state index contributed by atoms with van der Waals surface area (Å²) in [6.07, 6.45) is -0.370. The van der Waals surface area contributed by atoms with Gasteiger partial charge in [-0.05, 0) is 59.0 Å². The summed E-state index contributed by atoms with van der Waals surface area (Å²) >= 11 is 1.59. The van der Waals surface area contributed by atoms with Gasteiger partial charge in [0, 0.05) is 12.5 Å². The van der Waals surface area contributed by atoms with E-state index in [2.05, 4.69) is 0 Å². The monoisotopic (exact) mass is 425 g/mol. The lowest BCUT2D eigenvalue weighted by atomic mass is 9.99. The Morgan fingerprint density at radius 2 is 1.97 bits per heavy atom. The van der Waals surface area contributed by atoms with Crippen LogP contribution in [0, 0.1) is 6.92 Å². The third kappa shape index (κ3) is 5.61. The van der Waals surface area contributed by atoms with Crippen LogP contribution in [0.2, 0.25) is 0 Å². The van der Waals surface area contributed by atoms with Crippen LogP contribution in [0.25, 0.3) is 0 Å². The Morgan fingerprint density at radius 3 is 2.63 bits per heavy atom. The van der Waals surface area contributed by atoms with Crippen molar-refractivity contribution in [3.05, 3.63) is 81.5 Å². The highest BCUT2D eigenvalue weighted by atomic mass is 32.1. The number of amides is 1. The SMILES string of the molecule is Cc1ccccc1[C@H](CCC(=O)O)Oc1cc(OCc2ccsc2)ccc1C(N)=O. The van der Waals surface area contributed by atoms with Crippen LogP contribution < -0.4 is 15.2 Å². The predicted octanol–water partition coefficient (Wildman–Crippen LogP) is 4.72. The fourth-order valence-corrected chi connectivity index (χ4v) is 3.72. The molecule has 0 saturated heterocycles. The van der Waals surface area contributed by atoms with Gasteiger partial charge in [0.1, 0.15) is 24.2 Å². The fourth-order valence-electron chi connectivity index (χ4n) is 3.07. The molecule has 0 aliphatic heterocycles. The molecule has 3 rings (SSSR count). The summed E-state index contributed by atoms with van der Waals surface area (Å²) in [4.78, 5) is 23.1. The zero-order chi connectivity index (χ0) is 21.5. The second-order valence-corrected chi connectivity index (χ2v) is 7.62. The number of ether oxygens (including phenoxy) is 2. The molecule has 3 aromatic rings. The maximum absolute atomic E-state index is 11.9. The van der Waals surface area contributed by atoms with E-state index in [-0.39, 0.29) is 24.2 Å². The van der Waals surface area contributed by atoms with E-state index in [1.165, 1.54) is 0 Å². The van der Waals surface area contributed by atoms with Crippen LogP contribution in [-0.4, -0.2) is 17.0 Å². The summed E-state index contributed by atoms with van der Waals surface area (Å²) in [5.41, 5.74) is 8.62. The Hall–Kier alpha value is -3.32. The smallest absolute Gasteiger partial charge is 0.303 e. The van der Waals surface area contributed by atoms with Gasteiger partial charge in [0.2, 0.25) is 0 Å². The van der Waals surface area contributed by atoms with Crippen LogP contribution in [0.5, 0.6) is 11.5 Å². The molecule has 1 atom stereocenters. The van der Waals surface area contributed by atoms with Crippen molar-refractivity contribution in [2.24, 2.45) is 5.73 Å². The Bertz CT molecular complexity index is 1020. The summed E-state index contributed by atoms with van der Waals surface area (Å²) in [6, 6.07) is 14.4. The van der Waals surface area contributed by atoms with Crippen molar-refractivity contribution in [1.82, 2.24) is 0 Å². The van der Waals surface area contributed by atoms with Gasteiger partial charge in [0.25, 0.3) is 5.91 Å². The normalized spacial score (nSPS) is 11.6. The van der Waals surface area contributed by atoms with E-state index < -0.39 is 18.0 Å². The largest absolute Gasteiger partial charge is 0.489 e. The Morgan fingerprint density at radius 1 is 1.17 bits per heavy atom. The summed E-state index contributed by atoms with van der Waals surface area (Å²) in [5, 5.41) is 13.1. The fraction of sp³-hybridized carbons (Fsp3) is 0.217. The van der Waals surface area contributed by atoms with Crippen molar-refractivity contribution in [3.8, 4) is 11.5 Å². The molecular formula is C23H23NO5S. The molecule has 0 bridgehead atoms. The first-order valence-corrected chi connectivity index (χ1v) is 10.4. The van der Waals surface area contributed by atoms with Crippen LogP contribution in [0.4, 0.5) is 0 Å². The topological polar surface area (TPSA) is 98.8 Å². The molecule has 7 heteroatoms. The quantitative estimate of drug-likeness (QED) is 0.490. The first kappa shape index (κ1) is 21.4. The van der Waals surface area contributed by atoms with Crippen molar-refractivity contribution in [2.75, 3.05) is 0 Å². The molecule has 1 heterocycles. The minimum atomic E-state index is -0.917. The van der Waals surface area contributed by atoms with E-state index in [9.17, 15) is 9.59 Å². The third-order valence-corrected chi connectivity index (χ3v) is 5.36. The molecule has 3 N–H and O–H groups in total. The number of aliphatic carboxylic acids is 1. The highest BCUT2D eigenvalue weighted by molar-refractivity contribution is 7.07. The summed E-state index contributed by atoms with van der Waals surface area (Å²) < 4.78 is 12.0. The lowest BCUT2D eigenvalue weighted by Crippen LogP contribution is -2.16. The minimum Gasteiger partial charge on any atom is -0.489 e. The lowest BCUT2D eigenvalue weighted by molar-refractivity contribution is -0.137. The van der Waals surface area contributed by atoms with Crippen LogP contribution in [0.3, 0.4) is 0 Å². The summed E-state index contributed by atoms with van der Waals surface area (Å²) in [5.74, 6) is -0.747. The van der Waals surface area contributed by atoms with Gasteiger partial charge >= 0.3 is 5.97 Å². The maximum atomic E-state index is 11.9. The van der Waals surface area contributed by atoms with E-state index in [1.54, 1.807) is 29.5 Å². The average molecular weight is 426 g/mol. The highest BCUT2D eigenvalue weighted by Crippen LogP contribution is 2.33. The van der Waals surface area contributed by atoms with Crippen molar-refractivity contribution < 1.29 is 24.2 Å². The van der Waals surface area contributed by atoms with Crippen molar-refractivity contribution >= 4 is 23.2 Å². The number of aryl methyl sites for hydroxylation is 1. The Kier molecular flexibility index (Phi) is 7.08. The van der Waals surface area contributed by atoms with Crippen molar-refractivity contribution in [1.29, 1.82) is 0 Å². The number of hydrogen-bond donors (Lipinski definition) is 2. The number of carbonyl (C=O) groups is 2. The standard InChI is InChI=1S/C23H23NO5S/c1-15-4-2-3-5-18(15)20(8-9-22(25)26)29-21-12-17(6-7-19(21)23(24)27)28-13-16-10-11-30-14-16/h2-7,10-12,14,20H,8-9,13H2,1H3,(H2,24,27)(H,25,26)/t20-/m0/s1. The number of carboxylic acids is 1.